The largest absolute Gasteiger partial charge is 0.465 e. The molecule has 1 aromatic heterocycles. The third-order valence-electron chi connectivity index (χ3n) is 11.0. The highest BCUT2D eigenvalue weighted by Gasteiger charge is 2.54. The van der Waals surface area contributed by atoms with E-state index in [2.05, 4.69) is 51.4 Å². The zero-order chi connectivity index (χ0) is 36.6. The number of nitrogens with zero attached hydrogens (tertiary/aromatic N) is 5. The average molecular weight is 690 g/mol. The van der Waals surface area contributed by atoms with Crippen molar-refractivity contribution in [2.75, 3.05) is 19.6 Å². The molecule has 3 aromatic rings. The minimum absolute atomic E-state index is 0.00324. The number of aliphatic hydroxyl groups is 1. The normalized spacial score (nSPS) is 15.3. The third-order valence-corrected chi connectivity index (χ3v) is 11.0. The molecule has 0 saturated carbocycles. The molecular weight excluding hydrogens is 630 g/mol. The molecule has 0 unspecified atom stereocenters. The molecule has 1 saturated heterocycles. The van der Waals surface area contributed by atoms with Gasteiger partial charge in [0.1, 0.15) is 6.33 Å². The molecule has 2 heterocycles. The second-order valence-corrected chi connectivity index (χ2v) is 16.1. The van der Waals surface area contributed by atoms with Crippen LogP contribution >= 0.6 is 0 Å². The van der Waals surface area contributed by atoms with Crippen molar-refractivity contribution in [2.24, 2.45) is 16.7 Å². The molecule has 10 heteroatoms. The molecule has 0 atom stereocenters. The van der Waals surface area contributed by atoms with Crippen molar-refractivity contribution in [3.63, 3.8) is 0 Å². The maximum atomic E-state index is 12.1. The Balaban J connectivity index is 1.37. The zero-order valence-corrected chi connectivity index (χ0v) is 31.0. The fraction of sp³-hybridized carbons (Fsp3) is 0.600. The first-order valence-electron chi connectivity index (χ1n) is 18.3. The van der Waals surface area contributed by atoms with E-state index in [1.54, 1.807) is 6.33 Å². The summed E-state index contributed by atoms with van der Waals surface area (Å²) in [5.41, 5.74) is 0.126. The van der Waals surface area contributed by atoms with Gasteiger partial charge in [0.25, 0.3) is 0 Å². The van der Waals surface area contributed by atoms with Crippen molar-refractivity contribution in [1.29, 1.82) is 0 Å². The summed E-state index contributed by atoms with van der Waals surface area (Å²) in [5.74, 6) is 0.840. The topological polar surface area (TPSA) is 132 Å². The summed E-state index contributed by atoms with van der Waals surface area (Å²) in [7, 11) is 0. The molecule has 0 aliphatic carbocycles. The fourth-order valence-electron chi connectivity index (χ4n) is 8.71. The summed E-state index contributed by atoms with van der Waals surface area (Å²) >= 11 is 0. The Hall–Kier alpha value is -3.76. The van der Waals surface area contributed by atoms with Gasteiger partial charge in [0, 0.05) is 18.6 Å². The van der Waals surface area contributed by atoms with Crippen LogP contribution in [0.1, 0.15) is 116 Å². The minimum atomic E-state index is -1.45. The fourth-order valence-corrected chi connectivity index (χ4v) is 8.71. The summed E-state index contributed by atoms with van der Waals surface area (Å²) < 4.78 is 1.91. The van der Waals surface area contributed by atoms with Gasteiger partial charge in [0.2, 0.25) is 0 Å². The quantitative estimate of drug-likeness (QED) is 0.135. The Bertz CT molecular complexity index is 1440. The van der Waals surface area contributed by atoms with Crippen LogP contribution in [0.4, 0.5) is 9.59 Å². The summed E-state index contributed by atoms with van der Waals surface area (Å²) in [5, 5.41) is 35.1. The lowest BCUT2D eigenvalue weighted by Gasteiger charge is -2.61. The maximum Gasteiger partial charge on any atom is 0.416 e. The van der Waals surface area contributed by atoms with Crippen molar-refractivity contribution in [2.45, 2.75) is 117 Å². The molecule has 0 bridgehead atoms. The van der Waals surface area contributed by atoms with E-state index < -0.39 is 17.8 Å². The van der Waals surface area contributed by atoms with Gasteiger partial charge in [0.15, 0.2) is 11.4 Å². The van der Waals surface area contributed by atoms with Gasteiger partial charge in [-0.05, 0) is 66.6 Å². The molecule has 50 heavy (non-hydrogen) atoms. The van der Waals surface area contributed by atoms with E-state index in [4.69, 9.17) is 15.3 Å². The number of imide groups is 1. The molecule has 1 aliphatic rings. The lowest BCUT2D eigenvalue weighted by atomic mass is 9.56. The number of rotatable bonds is 15. The Morgan fingerprint density at radius 2 is 1.24 bits per heavy atom. The molecular formula is C40H59N5O5. The number of aromatic nitrogens is 3. The lowest BCUT2D eigenvalue weighted by molar-refractivity contribution is -0.109. The van der Waals surface area contributed by atoms with Gasteiger partial charge in [-0.2, -0.15) is 5.10 Å². The van der Waals surface area contributed by atoms with Crippen LogP contribution in [0.2, 0.25) is 0 Å². The number of benzene rings is 2. The smallest absolute Gasteiger partial charge is 0.416 e. The summed E-state index contributed by atoms with van der Waals surface area (Å²) in [6, 6.07) is 19.3. The number of likely N-dealkylation sites (tertiary alicyclic amines) is 1. The van der Waals surface area contributed by atoms with Crippen LogP contribution in [0.5, 0.6) is 0 Å². The third kappa shape index (κ3) is 8.75. The van der Waals surface area contributed by atoms with Crippen molar-refractivity contribution < 1.29 is 24.9 Å². The van der Waals surface area contributed by atoms with Crippen molar-refractivity contribution in [1.82, 2.24) is 24.6 Å². The van der Waals surface area contributed by atoms with E-state index in [0.29, 0.717) is 23.1 Å². The van der Waals surface area contributed by atoms with Gasteiger partial charge in [-0.3, -0.25) is 9.58 Å². The Morgan fingerprint density at radius 3 is 1.72 bits per heavy atom. The van der Waals surface area contributed by atoms with Crippen molar-refractivity contribution in [3.8, 4) is 0 Å². The van der Waals surface area contributed by atoms with Crippen LogP contribution in [-0.2, 0) is 12.1 Å². The number of carboxylic acid groups (broad SMARTS) is 2. The molecule has 1 aliphatic heterocycles. The number of carbonyl (C=O) groups is 2. The predicted molar refractivity (Wildman–Crippen MR) is 196 cm³/mol. The first kappa shape index (κ1) is 39.0. The van der Waals surface area contributed by atoms with Crippen molar-refractivity contribution >= 4 is 12.2 Å². The first-order chi connectivity index (χ1) is 23.6. The van der Waals surface area contributed by atoms with Crippen LogP contribution in [0.3, 0.4) is 0 Å². The molecule has 0 radical (unpaired) electrons. The lowest BCUT2D eigenvalue weighted by Crippen LogP contribution is -2.66. The molecule has 4 rings (SSSR count). The van der Waals surface area contributed by atoms with Gasteiger partial charge in [-0.1, -0.05) is 134 Å². The van der Waals surface area contributed by atoms with E-state index >= 15 is 0 Å². The summed E-state index contributed by atoms with van der Waals surface area (Å²) in [6.07, 6.45) is 7.76. The van der Waals surface area contributed by atoms with Crippen molar-refractivity contribution in [3.05, 3.63) is 83.9 Å². The monoisotopic (exact) mass is 689 g/mol. The molecule has 10 nitrogen and oxygen atoms in total. The standard InChI is InChI=1S/C40H59N5O5/c1-37(2,3)39(38(4,5)6,25-17-9-7-8-10-18-26-45(35(46)47)36(48)49)43-27-23-31(24-28-43)29-44-30-41-34(42-44)40(50,32-19-13-11-14-20-32)33-21-15-12-16-22-33/h11-16,19-22,30-31,50H,7-10,17-18,23-29H2,1-6H3,(H,46,47)(H,48,49). The number of hydrogen-bond donors (Lipinski definition) is 3. The van der Waals surface area contributed by atoms with Crippen LogP contribution in [0.25, 0.3) is 0 Å². The highest BCUT2D eigenvalue weighted by atomic mass is 16.4. The first-order valence-corrected chi connectivity index (χ1v) is 18.3. The number of amides is 2. The van der Waals surface area contributed by atoms with E-state index in [-0.39, 0.29) is 22.9 Å². The molecule has 0 spiro atoms. The highest BCUT2D eigenvalue weighted by Crippen LogP contribution is 2.52. The van der Waals surface area contributed by atoms with Gasteiger partial charge in [-0.15, -0.1) is 0 Å². The Morgan fingerprint density at radius 1 is 0.760 bits per heavy atom. The second kappa shape index (κ2) is 16.5. The molecule has 1 fully saturated rings. The molecule has 274 valence electrons. The maximum absolute atomic E-state index is 12.1. The summed E-state index contributed by atoms with van der Waals surface area (Å²) in [4.78, 5) is 30.1. The second-order valence-electron chi connectivity index (χ2n) is 16.1. The Kier molecular flexibility index (Phi) is 12.9. The molecule has 3 N–H and O–H groups in total. The van der Waals surface area contributed by atoms with Crippen LogP contribution in [-0.4, -0.2) is 77.2 Å². The molecule has 2 aromatic carbocycles. The molecule has 2 amide bonds. The van der Waals surface area contributed by atoms with Gasteiger partial charge in [0.05, 0.1) is 0 Å². The number of piperidine rings is 1. The van der Waals surface area contributed by atoms with Crippen LogP contribution < -0.4 is 0 Å². The average Bonchev–Trinajstić information content (AvgIpc) is 3.54. The number of hydrogen-bond acceptors (Lipinski definition) is 6. The van der Waals surface area contributed by atoms with E-state index in [9.17, 15) is 14.7 Å². The van der Waals surface area contributed by atoms with Gasteiger partial charge in [-0.25, -0.2) is 19.5 Å². The van der Waals surface area contributed by atoms with E-state index in [0.717, 1.165) is 82.1 Å². The van der Waals surface area contributed by atoms with Gasteiger partial charge >= 0.3 is 12.2 Å². The predicted octanol–water partition coefficient (Wildman–Crippen LogP) is 8.49. The Labute approximate surface area is 298 Å². The SMILES string of the molecule is CC(C)(C)C(CCCCCCCCN(C(=O)O)C(=O)O)(N1CCC(Cn2cnc(C(O)(c3ccccc3)c3ccccc3)n2)CC1)C(C)(C)C. The number of unbranched alkanes of at least 4 members (excludes halogenated alkanes) is 5. The highest BCUT2D eigenvalue weighted by molar-refractivity contribution is 5.85. The minimum Gasteiger partial charge on any atom is -0.465 e. The van der Waals surface area contributed by atoms with Crippen LogP contribution in [0.15, 0.2) is 67.0 Å². The van der Waals surface area contributed by atoms with Crippen LogP contribution in [0, 0.1) is 16.7 Å². The summed E-state index contributed by atoms with van der Waals surface area (Å²) in [6.45, 7) is 17.1. The van der Waals surface area contributed by atoms with E-state index in [1.165, 1.54) is 0 Å². The van der Waals surface area contributed by atoms with Gasteiger partial charge < -0.3 is 15.3 Å². The van der Waals surface area contributed by atoms with E-state index in [1.807, 2.05) is 65.3 Å². The zero-order valence-electron chi connectivity index (χ0n) is 31.0.